The Balaban J connectivity index is -0.000000384. The summed E-state index contributed by atoms with van der Waals surface area (Å²) in [5.74, 6) is -0.0765. The quantitative estimate of drug-likeness (QED) is 0.593. The Morgan fingerprint density at radius 3 is 1.22 bits per heavy atom. The van der Waals surface area contributed by atoms with E-state index in [0.717, 1.165) is 24.2 Å². The Bertz CT molecular complexity index is 558. The average Bonchev–Trinajstić information content (AvgIpc) is 2.58. The Labute approximate surface area is 189 Å². The summed E-state index contributed by atoms with van der Waals surface area (Å²) in [6, 6.07) is 18.6. The molecule has 2 amide bonds. The van der Waals surface area contributed by atoms with E-state index in [4.69, 9.17) is 0 Å². The summed E-state index contributed by atoms with van der Waals surface area (Å²) in [5.41, 5.74) is 1.49. The summed E-state index contributed by atoms with van der Waals surface area (Å²) in [5, 5.41) is 7.82. The third kappa shape index (κ3) is 15.4. The van der Waals surface area contributed by atoms with Gasteiger partial charge < -0.3 is 45.0 Å². The van der Waals surface area contributed by atoms with Crippen molar-refractivity contribution >= 4 is 23.2 Å². The van der Waals surface area contributed by atoms with Crippen LogP contribution in [0, 0.1) is 0 Å². The van der Waals surface area contributed by atoms with E-state index in [1.54, 1.807) is 0 Å². The van der Waals surface area contributed by atoms with Gasteiger partial charge >= 0.3 is 21.7 Å². The fourth-order valence-electron chi connectivity index (χ4n) is 1.83. The minimum atomic E-state index is -0.0382. The smallest absolute Gasteiger partial charge is 1.00 e. The molecule has 0 saturated heterocycles. The van der Waals surface area contributed by atoms with E-state index >= 15 is 0 Å². The van der Waals surface area contributed by atoms with E-state index in [1.807, 2.05) is 74.5 Å². The van der Waals surface area contributed by atoms with Gasteiger partial charge in [-0.1, -0.05) is 87.4 Å². The third-order valence-corrected chi connectivity index (χ3v) is 2.95. The minimum Gasteiger partial charge on any atom is -1.00 e. The number of nitrogens with zero attached hydrogens (tertiary/aromatic N) is 2. The first-order valence-corrected chi connectivity index (χ1v) is 8.25. The van der Waals surface area contributed by atoms with Crippen molar-refractivity contribution in [3.8, 4) is 0 Å². The third-order valence-electron chi connectivity index (χ3n) is 2.95. The molecule has 0 saturated carbocycles. The second kappa shape index (κ2) is 19.4. The van der Waals surface area contributed by atoms with Crippen molar-refractivity contribution < 1.29 is 56.1 Å². The van der Waals surface area contributed by atoms with E-state index in [0.29, 0.717) is 12.8 Å². The molecule has 2 aromatic carbocycles. The van der Waals surface area contributed by atoms with E-state index in [-0.39, 0.29) is 58.3 Å². The number of hydrogen-bond donors (Lipinski definition) is 0. The molecule has 27 heavy (non-hydrogen) atoms. The SMILES string of the molecule is CCCC(=O)[N-]c1ccccc1.CCCC(=O)[N-]c1ccccc1.[Cl-].[Cl-].[Ti+4]. The summed E-state index contributed by atoms with van der Waals surface area (Å²) in [7, 11) is 0. The molecule has 2 rings (SSSR count). The van der Waals surface area contributed by atoms with E-state index in [9.17, 15) is 9.59 Å². The topological polar surface area (TPSA) is 62.3 Å². The minimum absolute atomic E-state index is 0. The fraction of sp³-hybridized carbons (Fsp3) is 0.300. The molecule has 2 aromatic rings. The molecule has 0 heterocycles. The number of carbonyl (C=O) groups is 2. The van der Waals surface area contributed by atoms with Crippen molar-refractivity contribution in [2.45, 2.75) is 39.5 Å². The maximum absolute atomic E-state index is 11.0. The van der Waals surface area contributed by atoms with Gasteiger partial charge in [0.25, 0.3) is 0 Å². The van der Waals surface area contributed by atoms with Crippen LogP contribution in [0.5, 0.6) is 0 Å². The molecule has 144 valence electrons. The normalized spacial score (nSPS) is 8.37. The molecular formula is C20H24Cl2N2O2Ti. The predicted molar refractivity (Wildman–Crippen MR) is 98.8 cm³/mol. The standard InChI is InChI=1S/2C10H13NO.2ClH.Ti/c2*1-2-6-10(12)11-9-7-4-3-5-8-9;;;/h2*3-5,7-8H,2,6H2,1H3,(H,11,12);2*1H;/q;;;;+4/p-4. The summed E-state index contributed by atoms with van der Waals surface area (Å²) in [6.07, 6.45) is 2.79. The molecule has 0 aliphatic carbocycles. The van der Waals surface area contributed by atoms with Gasteiger partial charge in [-0.05, 0) is 12.8 Å². The Morgan fingerprint density at radius 2 is 0.963 bits per heavy atom. The van der Waals surface area contributed by atoms with Gasteiger partial charge in [0.1, 0.15) is 0 Å². The van der Waals surface area contributed by atoms with Gasteiger partial charge in [-0.2, -0.15) is 0 Å². The van der Waals surface area contributed by atoms with Crippen molar-refractivity contribution in [2.24, 2.45) is 0 Å². The van der Waals surface area contributed by atoms with Crippen LogP contribution < -0.4 is 24.8 Å². The van der Waals surface area contributed by atoms with Crippen molar-refractivity contribution in [3.05, 3.63) is 71.3 Å². The van der Waals surface area contributed by atoms with Crippen LogP contribution in [0.1, 0.15) is 39.5 Å². The van der Waals surface area contributed by atoms with Gasteiger partial charge in [0.15, 0.2) is 0 Å². The monoisotopic (exact) mass is 442 g/mol. The van der Waals surface area contributed by atoms with Crippen LogP contribution in [0.2, 0.25) is 0 Å². The van der Waals surface area contributed by atoms with Gasteiger partial charge in [-0.15, -0.1) is 11.4 Å². The maximum Gasteiger partial charge on any atom is 4.00 e. The second-order valence-electron chi connectivity index (χ2n) is 5.18. The summed E-state index contributed by atoms with van der Waals surface area (Å²) < 4.78 is 0. The summed E-state index contributed by atoms with van der Waals surface area (Å²) in [6.45, 7) is 3.94. The molecule has 0 spiro atoms. The van der Waals surface area contributed by atoms with E-state index < -0.39 is 0 Å². The number of amides is 2. The number of para-hydroxylation sites is 2. The predicted octanol–water partition coefficient (Wildman–Crippen LogP) is 0.0425. The molecule has 0 bridgehead atoms. The van der Waals surface area contributed by atoms with Crippen LogP contribution >= 0.6 is 0 Å². The Hall–Kier alpha value is -1.33. The summed E-state index contributed by atoms with van der Waals surface area (Å²) in [4.78, 5) is 22.1. The molecule has 0 aromatic heterocycles. The number of carbonyl (C=O) groups excluding carboxylic acids is 2. The molecule has 0 radical (unpaired) electrons. The van der Waals surface area contributed by atoms with Crippen molar-refractivity contribution in [3.63, 3.8) is 0 Å². The zero-order valence-corrected chi connectivity index (χ0v) is 18.6. The average molecular weight is 443 g/mol. The Morgan fingerprint density at radius 1 is 0.667 bits per heavy atom. The summed E-state index contributed by atoms with van der Waals surface area (Å²) >= 11 is 0. The first-order chi connectivity index (χ1) is 11.7. The fourth-order valence-corrected chi connectivity index (χ4v) is 1.83. The van der Waals surface area contributed by atoms with Crippen molar-refractivity contribution in [1.29, 1.82) is 0 Å². The Kier molecular flexibility index (Phi) is 21.9. The number of halogens is 2. The van der Waals surface area contributed by atoms with Crippen LogP contribution in [0.4, 0.5) is 11.4 Å². The first-order valence-electron chi connectivity index (χ1n) is 8.25. The second-order valence-corrected chi connectivity index (χ2v) is 5.18. The molecule has 0 aliphatic heterocycles. The zero-order chi connectivity index (χ0) is 17.6. The first kappa shape index (κ1) is 30.4. The van der Waals surface area contributed by atoms with Crippen molar-refractivity contribution in [2.75, 3.05) is 0 Å². The molecule has 4 nitrogen and oxygen atoms in total. The van der Waals surface area contributed by atoms with Crippen molar-refractivity contribution in [1.82, 2.24) is 0 Å². The van der Waals surface area contributed by atoms with Gasteiger partial charge in [-0.3, -0.25) is 0 Å². The maximum atomic E-state index is 11.0. The number of rotatable bonds is 6. The molecule has 7 heteroatoms. The van der Waals surface area contributed by atoms with E-state index in [2.05, 4.69) is 10.6 Å². The van der Waals surface area contributed by atoms with Crippen LogP contribution in [0.25, 0.3) is 10.6 Å². The zero-order valence-electron chi connectivity index (χ0n) is 15.6. The molecule has 0 unspecified atom stereocenters. The van der Waals surface area contributed by atoms with Crippen LogP contribution in [0.15, 0.2) is 60.7 Å². The van der Waals surface area contributed by atoms with Gasteiger partial charge in [0, 0.05) is 0 Å². The van der Waals surface area contributed by atoms with Crippen LogP contribution in [-0.4, -0.2) is 11.8 Å². The number of hydrogen-bond acceptors (Lipinski definition) is 2. The molecule has 0 fully saturated rings. The molecule has 0 aliphatic rings. The number of benzene rings is 2. The molecule has 0 atom stereocenters. The van der Waals surface area contributed by atoms with Crippen LogP contribution in [-0.2, 0) is 31.3 Å². The van der Waals surface area contributed by atoms with Gasteiger partial charge in [0.05, 0.1) is 11.8 Å². The van der Waals surface area contributed by atoms with Gasteiger partial charge in [-0.25, -0.2) is 0 Å². The van der Waals surface area contributed by atoms with Gasteiger partial charge in [0.2, 0.25) is 0 Å². The molecular weight excluding hydrogens is 419 g/mol. The van der Waals surface area contributed by atoms with Crippen LogP contribution in [0.3, 0.4) is 0 Å². The van der Waals surface area contributed by atoms with E-state index in [1.165, 1.54) is 0 Å². The largest absolute Gasteiger partial charge is 4.00 e. The molecule has 0 N–H and O–H groups in total.